The van der Waals surface area contributed by atoms with Crippen LogP contribution < -0.4 is 31.8 Å². The number of carboxylic acid groups (broad SMARTS) is 1. The fourth-order valence-electron chi connectivity index (χ4n) is 11.7. The minimum atomic E-state index is -2.47. The number of aliphatic hydroxyl groups is 2. The summed E-state index contributed by atoms with van der Waals surface area (Å²) in [6, 6.07) is 12.0. The number of ketones is 2. The minimum Gasteiger partial charge on any atom is -0.494 e. The van der Waals surface area contributed by atoms with Crippen LogP contribution in [0.25, 0.3) is 0 Å². The van der Waals surface area contributed by atoms with Crippen molar-refractivity contribution in [3.63, 3.8) is 0 Å². The van der Waals surface area contributed by atoms with E-state index >= 15 is 0 Å². The third-order valence-corrected chi connectivity index (χ3v) is 18.9. The molecule has 0 bridgehead atoms. The van der Waals surface area contributed by atoms with Gasteiger partial charge in [0.2, 0.25) is 11.8 Å². The molecule has 0 aliphatic rings. The summed E-state index contributed by atoms with van der Waals surface area (Å²) in [6.07, 6.45) is 31.1. The summed E-state index contributed by atoms with van der Waals surface area (Å²) in [5, 5.41) is 38.5. The molecular formula is C84H127ClN2O24. The predicted octanol–water partition coefficient (Wildman–Crippen LogP) is 14.5. The lowest BCUT2D eigenvalue weighted by atomic mass is 9.82. The molecule has 111 heavy (non-hydrogen) atoms. The van der Waals surface area contributed by atoms with Crippen LogP contribution in [0.2, 0.25) is 0 Å². The van der Waals surface area contributed by atoms with Crippen molar-refractivity contribution in [2.75, 3.05) is 54.9 Å². The first-order valence-electron chi connectivity index (χ1n) is 39.5. The number of Topliss-reactive ketones (excluding diaryl/α,β-unsaturated/α-hetero) is 2. The van der Waals surface area contributed by atoms with E-state index in [1.165, 1.54) is 86.0 Å². The molecule has 4 aromatic rings. The molecule has 27 heteroatoms. The van der Waals surface area contributed by atoms with Gasteiger partial charge in [0.1, 0.15) is 40.9 Å². The van der Waals surface area contributed by atoms with Gasteiger partial charge in [0.05, 0.1) is 45.1 Å². The topological polar surface area (TPSA) is 373 Å². The second-order valence-corrected chi connectivity index (χ2v) is 27.9. The number of aliphatic carboxylic acids is 1. The molecule has 0 fully saturated rings. The summed E-state index contributed by atoms with van der Waals surface area (Å²) in [5.41, 5.74) is -3.47. The van der Waals surface area contributed by atoms with Crippen molar-refractivity contribution in [2.24, 2.45) is 11.8 Å². The van der Waals surface area contributed by atoms with Gasteiger partial charge in [-0.25, -0.2) is 28.8 Å². The van der Waals surface area contributed by atoms with Crippen LogP contribution in [0.5, 0.6) is 11.5 Å². The highest BCUT2D eigenvalue weighted by Gasteiger charge is 2.49. The van der Waals surface area contributed by atoms with E-state index in [0.29, 0.717) is 91.9 Å². The van der Waals surface area contributed by atoms with Crippen molar-refractivity contribution >= 4 is 58.9 Å². The van der Waals surface area contributed by atoms with E-state index in [9.17, 15) is 63.3 Å². The smallest absolute Gasteiger partial charge is 0.494 e. The van der Waals surface area contributed by atoms with Crippen molar-refractivity contribution in [2.45, 2.75) is 283 Å². The number of alkyl halides is 1. The number of amides is 2. The van der Waals surface area contributed by atoms with E-state index in [-0.39, 0.29) is 56.3 Å². The lowest BCUT2D eigenvalue weighted by molar-refractivity contribution is -0.176. The Morgan fingerprint density at radius 2 is 0.838 bits per heavy atom. The highest BCUT2D eigenvalue weighted by molar-refractivity contribution is 6.16. The number of carbonyl (C=O) groups excluding carboxylic acids is 7. The summed E-state index contributed by atoms with van der Waals surface area (Å²) in [6.45, 7) is 12.0. The van der Waals surface area contributed by atoms with Crippen LogP contribution in [0, 0.1) is 25.7 Å². The summed E-state index contributed by atoms with van der Waals surface area (Å²) >= 11 is 5.35. The molecule has 2 amide bonds. The maximum Gasteiger partial charge on any atom is 0.519 e. The first kappa shape index (κ1) is 98.9. The Hall–Kier alpha value is -8.17. The molecule has 5 N–H and O–H groups in total. The Kier molecular flexibility index (Phi) is 52.3. The van der Waals surface area contributed by atoms with Gasteiger partial charge in [-0.1, -0.05) is 166 Å². The number of ether oxygens (including phenoxy) is 7. The number of rotatable bonds is 59. The Bertz CT molecular complexity index is 3460. The number of benzene rings is 2. The van der Waals surface area contributed by atoms with Crippen molar-refractivity contribution < 1.29 is 105 Å². The van der Waals surface area contributed by atoms with Crippen LogP contribution in [-0.4, -0.2) is 141 Å². The van der Waals surface area contributed by atoms with Gasteiger partial charge < -0.3 is 76.8 Å². The fraction of sp³-hybridized carbons (Fsp3) is 0.643. The molecule has 0 radical (unpaired) electrons. The molecule has 0 aliphatic heterocycles. The number of methoxy groups -OCH3 is 4. The number of carbonyl (C=O) groups is 8. The monoisotopic (exact) mass is 1580 g/mol. The minimum absolute atomic E-state index is 0.0507. The number of esters is 3. The maximum absolute atomic E-state index is 14.1. The second kappa shape index (κ2) is 58.7. The first-order chi connectivity index (χ1) is 53.3. The van der Waals surface area contributed by atoms with Crippen LogP contribution in [0.1, 0.15) is 254 Å². The zero-order valence-electron chi connectivity index (χ0n) is 67.4. The number of allylic oxidation sites excluding steroid dienone is 2. The standard InChI is InChI=1S/C42H63NO12.C37H59NO9.C5H5ClO3/c1-6-8-10-13-16-19-33(44)20-17-14-11-12-15-18-21-35(42(49,26-28-50-4)40(47)53-30-37-31(3)54-41(48)55-37)38(45)43-36(39(46)51-5)29-32-22-24-34(25-23-32)52-27-9-7-2;1-5-7-9-12-15-18-30(39)19-16-13-10-11-14-17-20-32(37(44,36(42)43)25-27-45-3)34(40)38-33(35(41)46-4)28-29-21-23-31(24-22-29)47-26-8-6-2;1-3-4(2-6)9-5(7)8-3/h18,21-25,35-36,49H,6-17,19-20,26-30H2,1-5H3,(H,43,45);17,20-24,32-33,44H,5-16,18-19,25-28H2,1-4H3,(H,38,40)(H,42,43);2H2,1H3/b21-18+;20-17+;/t35-,36+,42+;32-,33+,37+;/m11./s1. The predicted molar refractivity (Wildman–Crippen MR) is 420 cm³/mol. The van der Waals surface area contributed by atoms with E-state index in [2.05, 4.69) is 47.2 Å². The van der Waals surface area contributed by atoms with Crippen molar-refractivity contribution in [3.8, 4) is 11.5 Å². The zero-order valence-corrected chi connectivity index (χ0v) is 68.2. The molecule has 2 heterocycles. The zero-order chi connectivity index (χ0) is 82.2. The Morgan fingerprint density at radius 3 is 1.17 bits per heavy atom. The highest BCUT2D eigenvalue weighted by Crippen LogP contribution is 2.30. The second-order valence-electron chi connectivity index (χ2n) is 27.6. The number of carboxylic acids is 1. The lowest BCUT2D eigenvalue weighted by Gasteiger charge is -2.32. The number of hydrogen-bond donors (Lipinski definition) is 5. The van der Waals surface area contributed by atoms with Crippen LogP contribution in [0.3, 0.4) is 0 Å². The van der Waals surface area contributed by atoms with Crippen LogP contribution in [0.4, 0.5) is 0 Å². The van der Waals surface area contributed by atoms with Crippen LogP contribution >= 0.6 is 11.6 Å². The largest absolute Gasteiger partial charge is 0.519 e. The quantitative estimate of drug-likeness (QED) is 0.00901. The van der Waals surface area contributed by atoms with Gasteiger partial charge in [-0.2, -0.15) is 0 Å². The Balaban J connectivity index is 0.000000680. The molecule has 4 rings (SSSR count). The lowest BCUT2D eigenvalue weighted by Crippen LogP contribution is -2.55. The van der Waals surface area contributed by atoms with Crippen molar-refractivity contribution in [1.29, 1.82) is 0 Å². The van der Waals surface area contributed by atoms with E-state index in [1.807, 2.05) is 0 Å². The fourth-order valence-corrected chi connectivity index (χ4v) is 11.9. The number of unbranched alkanes of at least 4 members (excludes halogenated alkanes) is 18. The molecule has 26 nitrogen and oxygen atoms in total. The van der Waals surface area contributed by atoms with E-state index in [1.54, 1.807) is 67.6 Å². The van der Waals surface area contributed by atoms with Gasteiger partial charge >= 0.3 is 35.5 Å². The summed E-state index contributed by atoms with van der Waals surface area (Å²) < 4.78 is 55.7. The molecule has 2 aromatic carbocycles. The third kappa shape index (κ3) is 40.2. The molecule has 0 spiro atoms. The van der Waals surface area contributed by atoms with Gasteiger partial charge in [0, 0.05) is 78.8 Å². The summed E-state index contributed by atoms with van der Waals surface area (Å²) in [5.74, 6) is -7.40. The van der Waals surface area contributed by atoms with Crippen molar-refractivity contribution in [1.82, 2.24) is 10.6 Å². The van der Waals surface area contributed by atoms with Crippen molar-refractivity contribution in [3.05, 3.63) is 128 Å². The number of aryl methyl sites for hydroxylation is 2. The molecule has 0 saturated heterocycles. The van der Waals surface area contributed by atoms with Gasteiger partial charge in [0.25, 0.3) is 0 Å². The summed E-state index contributed by atoms with van der Waals surface area (Å²) in [4.78, 5) is 125. The maximum atomic E-state index is 14.1. The van der Waals surface area contributed by atoms with Gasteiger partial charge in [-0.3, -0.25) is 19.2 Å². The van der Waals surface area contributed by atoms with Gasteiger partial charge in [0.15, 0.2) is 35.1 Å². The average Bonchev–Trinajstić information content (AvgIpc) is 1.57. The Labute approximate surface area is 660 Å². The SMILES string of the molecule is CCCCCCCC(=O)CCCCCC/C=C/[C@H](C(=O)N[C@@H](Cc1ccc(OCCCC)cc1)C(=O)OC)[C@@](O)(CCOC)C(=O)O.CCCCCCCC(=O)CCCCCC/C=C/[C@H](C(=O)N[C@@H](Cc1ccc(OCCCC)cc1)C(=O)OC)[C@@](O)(CCOC)C(=O)OCc1oc(=O)oc1C.Cc1oc(=O)oc1CCl. The number of hydrogen-bond acceptors (Lipinski definition) is 23. The van der Waals surface area contributed by atoms with Crippen LogP contribution in [0.15, 0.2) is 100 Å². The Morgan fingerprint density at radius 1 is 0.477 bits per heavy atom. The normalized spacial score (nSPS) is 13.4. The van der Waals surface area contributed by atoms with E-state index in [4.69, 9.17) is 53.6 Å². The van der Waals surface area contributed by atoms with Gasteiger partial charge in [-0.15, -0.1) is 11.6 Å². The molecule has 2 aromatic heterocycles. The summed E-state index contributed by atoms with van der Waals surface area (Å²) in [7, 11) is 5.17. The highest BCUT2D eigenvalue weighted by atomic mass is 35.5. The van der Waals surface area contributed by atoms with Gasteiger partial charge in [-0.05, 0) is 113 Å². The molecule has 624 valence electrons. The third-order valence-electron chi connectivity index (χ3n) is 18.6. The first-order valence-corrected chi connectivity index (χ1v) is 40.0. The number of nitrogens with one attached hydrogen (secondary N) is 2. The van der Waals surface area contributed by atoms with E-state index in [0.717, 1.165) is 108 Å². The molecule has 0 unspecified atom stereocenters. The number of halogens is 1. The average molecular weight is 1580 g/mol. The molecule has 6 atom stereocenters. The molecular weight excluding hydrogens is 1460 g/mol. The molecule has 0 saturated carbocycles. The van der Waals surface area contributed by atoms with Crippen LogP contribution in [-0.2, 0) is 87.4 Å². The van der Waals surface area contributed by atoms with E-state index < -0.39 is 89.1 Å². The molecule has 0 aliphatic carbocycles.